The number of hydrogen-bond donors (Lipinski definition) is 1. The zero-order valence-electron chi connectivity index (χ0n) is 7.33. The van der Waals surface area contributed by atoms with E-state index in [1.807, 2.05) is 0 Å². The highest BCUT2D eigenvalue weighted by Gasteiger charge is 2.39. The number of rotatable bonds is 1. The van der Waals surface area contributed by atoms with Crippen molar-refractivity contribution >= 4 is 46.4 Å². The van der Waals surface area contributed by atoms with Crippen molar-refractivity contribution in [1.29, 1.82) is 0 Å². The zero-order valence-corrected chi connectivity index (χ0v) is 9.60. The number of halogens is 6. The van der Waals surface area contributed by atoms with Crippen LogP contribution in [0.15, 0.2) is 12.1 Å². The van der Waals surface area contributed by atoms with Gasteiger partial charge in [0.2, 0.25) is 0 Å². The van der Waals surface area contributed by atoms with Crippen LogP contribution in [0.1, 0.15) is 0 Å². The molecule has 0 saturated carbocycles. The van der Waals surface area contributed by atoms with Gasteiger partial charge < -0.3 is 5.32 Å². The van der Waals surface area contributed by atoms with Crippen LogP contribution in [0.25, 0.3) is 0 Å². The standard InChI is InChI=1S/C8H3Cl3F3NO/c9-3-1-5(11)6(2-4(3)10)15-7(16)8(12,13)14/h1-2H,(H,15,16). The molecule has 1 amide bonds. The molecule has 1 N–H and O–H groups in total. The fourth-order valence-electron chi connectivity index (χ4n) is 0.812. The molecule has 0 unspecified atom stereocenters. The van der Waals surface area contributed by atoms with E-state index in [1.165, 1.54) is 0 Å². The summed E-state index contributed by atoms with van der Waals surface area (Å²) in [5, 5.41) is 1.52. The third kappa shape index (κ3) is 3.17. The molecule has 0 radical (unpaired) electrons. The lowest BCUT2D eigenvalue weighted by Crippen LogP contribution is -2.30. The van der Waals surface area contributed by atoms with Crippen LogP contribution in [0.4, 0.5) is 18.9 Å². The summed E-state index contributed by atoms with van der Waals surface area (Å²) in [6, 6.07) is 2.17. The van der Waals surface area contributed by atoms with Crippen molar-refractivity contribution in [2.24, 2.45) is 0 Å². The van der Waals surface area contributed by atoms with E-state index in [2.05, 4.69) is 0 Å². The van der Waals surface area contributed by atoms with Crippen LogP contribution >= 0.6 is 34.8 Å². The van der Waals surface area contributed by atoms with Crippen LogP contribution in [0.2, 0.25) is 15.1 Å². The maximum Gasteiger partial charge on any atom is 0.471 e. The van der Waals surface area contributed by atoms with Crippen molar-refractivity contribution in [3.8, 4) is 0 Å². The monoisotopic (exact) mass is 291 g/mol. The normalized spacial score (nSPS) is 11.4. The summed E-state index contributed by atoms with van der Waals surface area (Å²) in [6.45, 7) is 0. The maximum atomic E-state index is 11.9. The molecule has 0 aliphatic carbocycles. The van der Waals surface area contributed by atoms with Crippen LogP contribution in [-0.2, 0) is 4.79 Å². The molecule has 0 bridgehead atoms. The predicted molar refractivity (Wildman–Crippen MR) is 56.2 cm³/mol. The summed E-state index contributed by atoms with van der Waals surface area (Å²) >= 11 is 16.7. The van der Waals surface area contributed by atoms with Gasteiger partial charge in [0.25, 0.3) is 0 Å². The molecule has 1 rings (SSSR count). The van der Waals surface area contributed by atoms with Crippen molar-refractivity contribution in [2.75, 3.05) is 5.32 Å². The van der Waals surface area contributed by atoms with Gasteiger partial charge in [-0.15, -0.1) is 0 Å². The number of carbonyl (C=O) groups excluding carboxylic acids is 1. The van der Waals surface area contributed by atoms with E-state index in [1.54, 1.807) is 5.32 Å². The van der Waals surface area contributed by atoms with Gasteiger partial charge in [-0.2, -0.15) is 13.2 Å². The molecule has 0 fully saturated rings. The fraction of sp³-hybridized carbons (Fsp3) is 0.125. The van der Waals surface area contributed by atoms with Crippen LogP contribution in [0.5, 0.6) is 0 Å². The lowest BCUT2D eigenvalue weighted by molar-refractivity contribution is -0.167. The van der Waals surface area contributed by atoms with Gasteiger partial charge in [-0.25, -0.2) is 0 Å². The molecule has 0 aromatic heterocycles. The summed E-state index contributed by atoms with van der Waals surface area (Å²) in [5.74, 6) is -2.13. The first-order valence-corrected chi connectivity index (χ1v) is 4.88. The van der Waals surface area contributed by atoms with Gasteiger partial charge in [0.1, 0.15) is 0 Å². The maximum absolute atomic E-state index is 11.9. The van der Waals surface area contributed by atoms with Crippen molar-refractivity contribution in [3.63, 3.8) is 0 Å². The Kier molecular flexibility index (Phi) is 3.93. The van der Waals surface area contributed by atoms with Gasteiger partial charge in [0, 0.05) is 0 Å². The fourth-order valence-corrected chi connectivity index (χ4v) is 1.41. The number of amides is 1. The van der Waals surface area contributed by atoms with Crippen LogP contribution in [0, 0.1) is 0 Å². The van der Waals surface area contributed by atoms with Gasteiger partial charge in [-0.05, 0) is 12.1 Å². The zero-order chi connectivity index (χ0) is 12.5. The minimum Gasteiger partial charge on any atom is -0.317 e. The molecule has 16 heavy (non-hydrogen) atoms. The molecule has 88 valence electrons. The smallest absolute Gasteiger partial charge is 0.317 e. The van der Waals surface area contributed by atoms with Crippen molar-refractivity contribution in [3.05, 3.63) is 27.2 Å². The summed E-state index contributed by atoms with van der Waals surface area (Å²) in [4.78, 5) is 10.6. The van der Waals surface area contributed by atoms with E-state index in [0.29, 0.717) is 0 Å². The number of benzene rings is 1. The largest absolute Gasteiger partial charge is 0.471 e. The highest BCUT2D eigenvalue weighted by Crippen LogP contribution is 2.33. The number of hydrogen-bond acceptors (Lipinski definition) is 1. The first-order chi connectivity index (χ1) is 7.21. The third-order valence-electron chi connectivity index (χ3n) is 1.52. The quantitative estimate of drug-likeness (QED) is 0.774. The lowest BCUT2D eigenvalue weighted by atomic mass is 10.3. The van der Waals surface area contributed by atoms with Gasteiger partial charge in [0.15, 0.2) is 0 Å². The van der Waals surface area contributed by atoms with E-state index in [4.69, 9.17) is 34.8 Å². The molecule has 0 saturated heterocycles. The van der Waals surface area contributed by atoms with Gasteiger partial charge in [-0.3, -0.25) is 4.79 Å². The second-order valence-electron chi connectivity index (χ2n) is 2.70. The van der Waals surface area contributed by atoms with E-state index in [-0.39, 0.29) is 20.8 Å². The number of nitrogens with one attached hydrogen (secondary N) is 1. The molecule has 0 atom stereocenters. The molecule has 0 spiro atoms. The Balaban J connectivity index is 2.99. The van der Waals surface area contributed by atoms with Crippen molar-refractivity contribution in [2.45, 2.75) is 6.18 Å². The first-order valence-electron chi connectivity index (χ1n) is 3.74. The Morgan fingerprint density at radius 2 is 1.56 bits per heavy atom. The summed E-state index contributed by atoms with van der Waals surface area (Å²) in [6.07, 6.45) is -4.99. The van der Waals surface area contributed by atoms with Crippen LogP contribution in [0.3, 0.4) is 0 Å². The van der Waals surface area contributed by atoms with E-state index < -0.39 is 12.1 Å². The SMILES string of the molecule is O=C(Nc1cc(Cl)c(Cl)cc1Cl)C(F)(F)F. The topological polar surface area (TPSA) is 29.1 Å². The van der Waals surface area contributed by atoms with Gasteiger partial charge in [-0.1, -0.05) is 34.8 Å². The molecule has 1 aromatic carbocycles. The van der Waals surface area contributed by atoms with E-state index in [0.717, 1.165) is 12.1 Å². The average molecular weight is 292 g/mol. The molecule has 1 aromatic rings. The minimum absolute atomic E-state index is 0.0106. The molecule has 0 heterocycles. The molecule has 0 aliphatic heterocycles. The molecular weight excluding hydrogens is 289 g/mol. The van der Waals surface area contributed by atoms with E-state index >= 15 is 0 Å². The Morgan fingerprint density at radius 1 is 1.06 bits per heavy atom. The highest BCUT2D eigenvalue weighted by atomic mass is 35.5. The first kappa shape index (κ1) is 13.4. The average Bonchev–Trinajstić information content (AvgIpc) is 2.12. The molecule has 2 nitrogen and oxygen atoms in total. The molecular formula is C8H3Cl3F3NO. The molecule has 0 aliphatic rings. The summed E-state index contributed by atoms with van der Waals surface area (Å²) < 4.78 is 35.8. The van der Waals surface area contributed by atoms with Crippen molar-refractivity contribution in [1.82, 2.24) is 0 Å². The highest BCUT2D eigenvalue weighted by molar-refractivity contribution is 6.44. The number of anilines is 1. The number of carbonyl (C=O) groups is 1. The number of alkyl halides is 3. The van der Waals surface area contributed by atoms with Gasteiger partial charge >= 0.3 is 12.1 Å². The third-order valence-corrected chi connectivity index (χ3v) is 2.55. The Hall–Kier alpha value is -0.650. The lowest BCUT2D eigenvalue weighted by Gasteiger charge is -2.10. The summed E-state index contributed by atoms with van der Waals surface area (Å²) in [5.41, 5.74) is -0.251. The van der Waals surface area contributed by atoms with Crippen molar-refractivity contribution < 1.29 is 18.0 Å². The summed E-state index contributed by atoms with van der Waals surface area (Å²) in [7, 11) is 0. The van der Waals surface area contributed by atoms with Crippen LogP contribution in [-0.4, -0.2) is 12.1 Å². The molecule has 8 heteroatoms. The van der Waals surface area contributed by atoms with E-state index in [9.17, 15) is 18.0 Å². The minimum atomic E-state index is -4.99. The predicted octanol–water partition coefficient (Wildman–Crippen LogP) is 4.15. The second kappa shape index (κ2) is 4.69. The second-order valence-corrected chi connectivity index (χ2v) is 3.92. The van der Waals surface area contributed by atoms with Gasteiger partial charge in [0.05, 0.1) is 20.8 Å². The Bertz CT molecular complexity index is 433. The Morgan fingerprint density at radius 3 is 2.06 bits per heavy atom. The Labute approximate surface area is 103 Å². The van der Waals surface area contributed by atoms with Crippen LogP contribution < -0.4 is 5.32 Å².